The van der Waals surface area contributed by atoms with Crippen molar-refractivity contribution in [3.05, 3.63) is 54.9 Å². The minimum Gasteiger partial charge on any atom is -0.491 e. The van der Waals surface area contributed by atoms with Gasteiger partial charge in [-0.3, -0.25) is 0 Å². The van der Waals surface area contributed by atoms with Crippen molar-refractivity contribution in [2.24, 2.45) is 0 Å². The van der Waals surface area contributed by atoms with Crippen LogP contribution in [0.15, 0.2) is 54.9 Å². The molecule has 3 aromatic rings. The number of hydrogen-bond donors (Lipinski definition) is 1. The molecule has 1 N–H and O–H groups in total. The Labute approximate surface area is 153 Å². The van der Waals surface area contributed by atoms with E-state index in [4.69, 9.17) is 9.47 Å². The fourth-order valence-electron chi connectivity index (χ4n) is 2.48. The van der Waals surface area contributed by atoms with Gasteiger partial charge in [0.1, 0.15) is 17.8 Å². The highest BCUT2D eigenvalue weighted by molar-refractivity contribution is 5.59. The van der Waals surface area contributed by atoms with Crippen LogP contribution in [-0.4, -0.2) is 27.0 Å². The summed E-state index contributed by atoms with van der Waals surface area (Å²) in [5.41, 5.74) is 1.76. The zero-order valence-electron chi connectivity index (χ0n) is 15.5. The van der Waals surface area contributed by atoms with Gasteiger partial charge in [0.25, 0.3) is 0 Å². The first-order valence-corrected chi connectivity index (χ1v) is 8.72. The predicted octanol–water partition coefficient (Wildman–Crippen LogP) is 4.59. The van der Waals surface area contributed by atoms with Crippen molar-refractivity contribution >= 4 is 11.6 Å². The molecule has 0 saturated carbocycles. The number of para-hydroxylation sites is 1. The lowest BCUT2D eigenvalue weighted by atomic mass is 10.2. The molecular formula is C20H24N4O2. The third-order valence-electron chi connectivity index (χ3n) is 3.39. The summed E-state index contributed by atoms with van der Waals surface area (Å²) in [7, 11) is 0. The predicted molar refractivity (Wildman–Crippen MR) is 103 cm³/mol. The molecule has 0 unspecified atom stereocenters. The van der Waals surface area contributed by atoms with Gasteiger partial charge < -0.3 is 14.8 Å². The molecule has 3 rings (SSSR count). The number of rotatable bonds is 7. The smallest absolute Gasteiger partial charge is 0.246 e. The van der Waals surface area contributed by atoms with Crippen molar-refractivity contribution in [2.45, 2.75) is 39.9 Å². The lowest BCUT2D eigenvalue weighted by Gasteiger charge is -2.15. The maximum atomic E-state index is 5.82. The quantitative estimate of drug-likeness (QED) is 0.674. The molecule has 0 spiro atoms. The molecule has 2 aromatic carbocycles. The van der Waals surface area contributed by atoms with Crippen molar-refractivity contribution in [3.63, 3.8) is 0 Å². The van der Waals surface area contributed by atoms with Crippen LogP contribution in [0.3, 0.4) is 0 Å². The molecule has 0 atom stereocenters. The molecule has 6 nitrogen and oxygen atoms in total. The summed E-state index contributed by atoms with van der Waals surface area (Å²) in [5, 5.41) is 7.69. The van der Waals surface area contributed by atoms with Crippen molar-refractivity contribution < 1.29 is 9.47 Å². The van der Waals surface area contributed by atoms with Crippen molar-refractivity contribution in [2.75, 3.05) is 5.32 Å². The Morgan fingerprint density at radius 1 is 0.885 bits per heavy atom. The lowest BCUT2D eigenvalue weighted by Crippen LogP contribution is -2.08. The largest absolute Gasteiger partial charge is 0.491 e. The lowest BCUT2D eigenvalue weighted by molar-refractivity contribution is 0.229. The molecule has 0 radical (unpaired) electrons. The Balaban J connectivity index is 1.83. The Hall–Kier alpha value is -3.02. The Morgan fingerprint density at radius 2 is 1.50 bits per heavy atom. The number of ether oxygens (including phenoxy) is 2. The van der Waals surface area contributed by atoms with Gasteiger partial charge in [0.05, 0.1) is 17.9 Å². The Bertz CT molecular complexity index is 816. The molecule has 0 bridgehead atoms. The van der Waals surface area contributed by atoms with Crippen LogP contribution in [0, 0.1) is 0 Å². The molecule has 0 aliphatic rings. The van der Waals surface area contributed by atoms with Gasteiger partial charge in [-0.1, -0.05) is 18.2 Å². The van der Waals surface area contributed by atoms with E-state index in [1.54, 1.807) is 11.0 Å². The minimum absolute atomic E-state index is 0.0764. The molecule has 136 valence electrons. The standard InChI is InChI=1S/C20H24N4O2/c1-14(2)25-18-10-16(11-19(12-18)26-15(3)4)22-20-21-13-24(23-20)17-8-6-5-7-9-17/h5-15H,1-4H3,(H,22,23). The van der Waals surface area contributed by atoms with Crippen LogP contribution in [0.2, 0.25) is 0 Å². The highest BCUT2D eigenvalue weighted by Gasteiger charge is 2.09. The van der Waals surface area contributed by atoms with Gasteiger partial charge in [-0.15, -0.1) is 5.10 Å². The van der Waals surface area contributed by atoms with Crippen LogP contribution in [-0.2, 0) is 0 Å². The summed E-state index contributed by atoms with van der Waals surface area (Å²) in [6.45, 7) is 7.97. The van der Waals surface area contributed by atoms with Gasteiger partial charge in [0.15, 0.2) is 0 Å². The van der Waals surface area contributed by atoms with Crippen LogP contribution >= 0.6 is 0 Å². The second kappa shape index (κ2) is 7.91. The normalized spacial score (nSPS) is 11.0. The van der Waals surface area contributed by atoms with Gasteiger partial charge in [0, 0.05) is 23.9 Å². The summed E-state index contributed by atoms with van der Waals surface area (Å²) in [6, 6.07) is 15.6. The third kappa shape index (κ3) is 4.75. The highest BCUT2D eigenvalue weighted by atomic mass is 16.5. The first-order valence-electron chi connectivity index (χ1n) is 8.72. The topological polar surface area (TPSA) is 61.2 Å². The number of nitrogens with zero attached hydrogens (tertiary/aromatic N) is 3. The summed E-state index contributed by atoms with van der Waals surface area (Å²) >= 11 is 0. The van der Waals surface area contributed by atoms with E-state index in [9.17, 15) is 0 Å². The maximum Gasteiger partial charge on any atom is 0.246 e. The molecule has 1 heterocycles. The van der Waals surface area contributed by atoms with E-state index < -0.39 is 0 Å². The van der Waals surface area contributed by atoms with E-state index in [0.29, 0.717) is 5.95 Å². The van der Waals surface area contributed by atoms with Gasteiger partial charge in [-0.25, -0.2) is 4.68 Å². The fourth-order valence-corrected chi connectivity index (χ4v) is 2.48. The summed E-state index contributed by atoms with van der Waals surface area (Å²) in [5.74, 6) is 1.98. The van der Waals surface area contributed by atoms with Crippen molar-refractivity contribution in [1.82, 2.24) is 14.8 Å². The second-order valence-corrected chi connectivity index (χ2v) is 6.50. The minimum atomic E-state index is 0.0764. The first kappa shape index (κ1) is 17.8. The van der Waals surface area contributed by atoms with Gasteiger partial charge in [0.2, 0.25) is 5.95 Å². The molecule has 6 heteroatoms. The molecule has 0 saturated heterocycles. The number of benzene rings is 2. The molecule has 0 amide bonds. The average Bonchev–Trinajstić information content (AvgIpc) is 3.02. The van der Waals surface area contributed by atoms with Crippen LogP contribution in [0.25, 0.3) is 5.69 Å². The number of aromatic nitrogens is 3. The summed E-state index contributed by atoms with van der Waals surface area (Å²) < 4.78 is 13.4. The molecule has 0 aliphatic heterocycles. The number of nitrogens with one attached hydrogen (secondary N) is 1. The van der Waals surface area contributed by atoms with Gasteiger partial charge >= 0.3 is 0 Å². The SMILES string of the molecule is CC(C)Oc1cc(Nc2ncn(-c3ccccc3)n2)cc(OC(C)C)c1. The maximum absolute atomic E-state index is 5.82. The van der Waals surface area contributed by atoms with Crippen molar-refractivity contribution in [1.29, 1.82) is 0 Å². The van der Waals surface area contributed by atoms with E-state index in [-0.39, 0.29) is 12.2 Å². The fraction of sp³-hybridized carbons (Fsp3) is 0.300. The van der Waals surface area contributed by atoms with Crippen LogP contribution < -0.4 is 14.8 Å². The zero-order chi connectivity index (χ0) is 18.5. The highest BCUT2D eigenvalue weighted by Crippen LogP contribution is 2.29. The monoisotopic (exact) mass is 352 g/mol. The van der Waals surface area contributed by atoms with E-state index in [2.05, 4.69) is 15.4 Å². The van der Waals surface area contributed by atoms with E-state index in [1.165, 1.54) is 0 Å². The summed E-state index contributed by atoms with van der Waals surface area (Å²) in [4.78, 5) is 4.33. The zero-order valence-corrected chi connectivity index (χ0v) is 15.5. The molecule has 0 aliphatic carbocycles. The summed E-state index contributed by atoms with van der Waals surface area (Å²) in [6.07, 6.45) is 1.83. The second-order valence-electron chi connectivity index (χ2n) is 6.50. The first-order chi connectivity index (χ1) is 12.5. The molecule has 26 heavy (non-hydrogen) atoms. The van der Waals surface area contributed by atoms with Crippen LogP contribution in [0.5, 0.6) is 11.5 Å². The Morgan fingerprint density at radius 3 is 2.08 bits per heavy atom. The van der Waals surface area contributed by atoms with E-state index in [1.807, 2.05) is 76.2 Å². The number of anilines is 2. The third-order valence-corrected chi connectivity index (χ3v) is 3.39. The molecule has 0 fully saturated rings. The van der Waals surface area contributed by atoms with Gasteiger partial charge in [-0.05, 0) is 39.8 Å². The molecule has 1 aromatic heterocycles. The van der Waals surface area contributed by atoms with Crippen molar-refractivity contribution in [3.8, 4) is 17.2 Å². The van der Waals surface area contributed by atoms with Crippen LogP contribution in [0.4, 0.5) is 11.6 Å². The number of hydrogen-bond acceptors (Lipinski definition) is 5. The van der Waals surface area contributed by atoms with E-state index >= 15 is 0 Å². The van der Waals surface area contributed by atoms with Crippen LogP contribution in [0.1, 0.15) is 27.7 Å². The van der Waals surface area contributed by atoms with E-state index in [0.717, 1.165) is 22.9 Å². The molecular weight excluding hydrogens is 328 g/mol. The average molecular weight is 352 g/mol. The Kier molecular flexibility index (Phi) is 5.41. The van der Waals surface area contributed by atoms with Gasteiger partial charge in [-0.2, -0.15) is 4.98 Å².